The summed E-state index contributed by atoms with van der Waals surface area (Å²) in [6.45, 7) is 6.56. The largest absolute Gasteiger partial charge is 0.497 e. The second-order valence-electron chi connectivity index (χ2n) is 9.24. The summed E-state index contributed by atoms with van der Waals surface area (Å²) < 4.78 is 5.15. The molecule has 3 rings (SSSR count). The first-order valence-corrected chi connectivity index (χ1v) is 10.3. The Bertz CT molecular complexity index is 859. The predicted molar refractivity (Wildman–Crippen MR) is 114 cm³/mol. The first-order valence-electron chi connectivity index (χ1n) is 10.3. The average Bonchev–Trinajstić information content (AvgIpc) is 2.70. The van der Waals surface area contributed by atoms with Crippen molar-refractivity contribution in [2.75, 3.05) is 7.11 Å². The molecule has 0 bridgehead atoms. The Morgan fingerprint density at radius 1 is 1.10 bits per heavy atom. The van der Waals surface area contributed by atoms with Crippen molar-refractivity contribution in [3.8, 4) is 5.75 Å². The van der Waals surface area contributed by atoms with E-state index in [0.717, 1.165) is 43.1 Å². The SMILES string of the molecule is COc1ccc(C=CC(=O)C2=C(C=O)[C@H](C=O)[C@@]3(C)CCCC(C)(C)[C@@H]3C2)cc1. The van der Waals surface area contributed by atoms with Crippen molar-refractivity contribution in [2.24, 2.45) is 22.7 Å². The molecule has 0 aliphatic heterocycles. The minimum absolute atomic E-state index is 0.0217. The van der Waals surface area contributed by atoms with Gasteiger partial charge in [-0.2, -0.15) is 0 Å². The number of hydrogen-bond donors (Lipinski definition) is 0. The molecule has 2 aliphatic rings. The Morgan fingerprint density at radius 3 is 2.38 bits per heavy atom. The standard InChI is InChI=1S/C25H30O4/c1-24(2)12-5-13-25(3)21(16-27)20(15-26)19(14-23(24)25)22(28)11-8-17-6-9-18(29-4)10-7-17/h6-11,15-16,21,23H,5,12-14H2,1-4H3/t21-,23-,25+/m0/s1. The number of ether oxygens (including phenoxy) is 1. The molecule has 2 aliphatic carbocycles. The molecule has 1 aromatic carbocycles. The summed E-state index contributed by atoms with van der Waals surface area (Å²) >= 11 is 0. The highest BCUT2D eigenvalue weighted by molar-refractivity contribution is 6.10. The summed E-state index contributed by atoms with van der Waals surface area (Å²) in [6.07, 6.45) is 8.44. The molecule has 4 nitrogen and oxygen atoms in total. The Hall–Kier alpha value is -2.49. The van der Waals surface area contributed by atoms with Crippen LogP contribution in [0.4, 0.5) is 0 Å². The zero-order chi connectivity index (χ0) is 21.2. The van der Waals surface area contributed by atoms with Crippen LogP contribution in [0.25, 0.3) is 6.08 Å². The molecule has 0 saturated heterocycles. The van der Waals surface area contributed by atoms with Gasteiger partial charge in [-0.05, 0) is 59.8 Å². The van der Waals surface area contributed by atoms with Crippen molar-refractivity contribution in [1.29, 1.82) is 0 Å². The molecule has 0 aromatic heterocycles. The van der Waals surface area contributed by atoms with Gasteiger partial charge in [0.25, 0.3) is 0 Å². The first-order chi connectivity index (χ1) is 13.8. The van der Waals surface area contributed by atoms with Crippen LogP contribution < -0.4 is 4.74 Å². The van der Waals surface area contributed by atoms with Crippen LogP contribution >= 0.6 is 0 Å². The molecule has 0 spiro atoms. The third-order valence-electron chi connectivity index (χ3n) is 7.18. The number of benzene rings is 1. The molecule has 1 aromatic rings. The van der Waals surface area contributed by atoms with Gasteiger partial charge in [-0.3, -0.25) is 9.59 Å². The van der Waals surface area contributed by atoms with Crippen LogP contribution in [0.2, 0.25) is 0 Å². The lowest BCUT2D eigenvalue weighted by atomic mass is 9.47. The number of ketones is 1. The van der Waals surface area contributed by atoms with Crippen LogP contribution in [-0.4, -0.2) is 25.5 Å². The van der Waals surface area contributed by atoms with Crippen LogP contribution in [0.3, 0.4) is 0 Å². The Kier molecular flexibility index (Phi) is 5.92. The number of carbonyl (C=O) groups is 3. The van der Waals surface area contributed by atoms with Gasteiger partial charge >= 0.3 is 0 Å². The first kappa shape index (κ1) is 21.2. The Balaban J connectivity index is 1.96. The number of hydrogen-bond acceptors (Lipinski definition) is 4. The maximum absolute atomic E-state index is 13.1. The van der Waals surface area contributed by atoms with E-state index in [4.69, 9.17) is 4.74 Å². The van der Waals surface area contributed by atoms with Crippen LogP contribution in [0.5, 0.6) is 5.75 Å². The number of fused-ring (bicyclic) bond motifs is 1. The summed E-state index contributed by atoms with van der Waals surface area (Å²) in [5, 5.41) is 0. The second-order valence-corrected chi connectivity index (χ2v) is 9.24. The molecular formula is C25H30O4. The van der Waals surface area contributed by atoms with Gasteiger partial charge in [0.2, 0.25) is 0 Å². The van der Waals surface area contributed by atoms with Gasteiger partial charge in [0.1, 0.15) is 18.3 Å². The van der Waals surface area contributed by atoms with E-state index >= 15 is 0 Å². The molecule has 0 heterocycles. The van der Waals surface area contributed by atoms with Gasteiger partial charge in [0, 0.05) is 17.1 Å². The zero-order valence-electron chi connectivity index (χ0n) is 17.7. The van der Waals surface area contributed by atoms with Gasteiger partial charge in [-0.15, -0.1) is 0 Å². The fourth-order valence-corrected chi connectivity index (χ4v) is 5.52. The molecule has 29 heavy (non-hydrogen) atoms. The number of methoxy groups -OCH3 is 1. The summed E-state index contributed by atoms with van der Waals surface area (Å²) in [6, 6.07) is 7.40. The van der Waals surface area contributed by atoms with E-state index in [2.05, 4.69) is 20.8 Å². The fraction of sp³-hybridized carbons (Fsp3) is 0.480. The van der Waals surface area contributed by atoms with E-state index in [-0.39, 0.29) is 22.5 Å². The molecule has 0 radical (unpaired) electrons. The van der Waals surface area contributed by atoms with Crippen molar-refractivity contribution in [1.82, 2.24) is 0 Å². The van der Waals surface area contributed by atoms with Gasteiger partial charge in [-0.1, -0.05) is 45.4 Å². The highest BCUT2D eigenvalue weighted by Gasteiger charge is 2.54. The molecule has 4 heteroatoms. The van der Waals surface area contributed by atoms with Gasteiger partial charge < -0.3 is 9.53 Å². The predicted octanol–water partition coefficient (Wildman–Crippen LogP) is 4.82. The van der Waals surface area contributed by atoms with Crippen LogP contribution in [0.15, 0.2) is 41.5 Å². The molecule has 0 unspecified atom stereocenters. The number of carbonyl (C=O) groups excluding carboxylic acids is 3. The van der Waals surface area contributed by atoms with E-state index in [1.807, 2.05) is 24.3 Å². The number of aldehydes is 2. The van der Waals surface area contributed by atoms with Crippen LogP contribution in [0, 0.1) is 22.7 Å². The highest BCUT2D eigenvalue weighted by Crippen LogP contribution is 2.60. The third kappa shape index (κ3) is 3.85. The normalized spacial score (nSPS) is 28.7. The van der Waals surface area contributed by atoms with Gasteiger partial charge in [0.15, 0.2) is 5.78 Å². The molecule has 1 fully saturated rings. The maximum atomic E-state index is 13.1. The maximum Gasteiger partial charge on any atom is 0.182 e. The molecular weight excluding hydrogens is 364 g/mol. The average molecular weight is 395 g/mol. The monoisotopic (exact) mass is 394 g/mol. The number of rotatable bonds is 6. The third-order valence-corrected chi connectivity index (χ3v) is 7.18. The molecule has 154 valence electrons. The van der Waals surface area contributed by atoms with Gasteiger partial charge in [-0.25, -0.2) is 0 Å². The van der Waals surface area contributed by atoms with E-state index in [1.54, 1.807) is 13.2 Å². The van der Waals surface area contributed by atoms with Crippen molar-refractivity contribution >= 4 is 24.4 Å². The topological polar surface area (TPSA) is 60.4 Å². The van der Waals surface area contributed by atoms with Crippen LogP contribution in [0.1, 0.15) is 52.0 Å². The minimum atomic E-state index is -0.522. The molecule has 1 saturated carbocycles. The lowest BCUT2D eigenvalue weighted by Crippen LogP contribution is -2.50. The van der Waals surface area contributed by atoms with E-state index < -0.39 is 5.92 Å². The lowest BCUT2D eigenvalue weighted by molar-refractivity contribution is -0.123. The van der Waals surface area contributed by atoms with E-state index in [1.165, 1.54) is 6.08 Å². The molecule has 3 atom stereocenters. The van der Waals surface area contributed by atoms with Gasteiger partial charge in [0.05, 0.1) is 7.11 Å². The molecule has 0 amide bonds. The second kappa shape index (κ2) is 8.10. The van der Waals surface area contributed by atoms with E-state index in [9.17, 15) is 14.4 Å². The van der Waals surface area contributed by atoms with Crippen molar-refractivity contribution in [3.05, 3.63) is 47.1 Å². The highest BCUT2D eigenvalue weighted by atomic mass is 16.5. The lowest BCUT2D eigenvalue weighted by Gasteiger charge is -2.56. The zero-order valence-corrected chi connectivity index (χ0v) is 17.7. The van der Waals surface area contributed by atoms with Crippen LogP contribution in [-0.2, 0) is 14.4 Å². The summed E-state index contributed by atoms with van der Waals surface area (Å²) in [5.74, 6) is 0.236. The Morgan fingerprint density at radius 2 is 1.79 bits per heavy atom. The summed E-state index contributed by atoms with van der Waals surface area (Å²) in [5.41, 5.74) is 1.50. The fourth-order valence-electron chi connectivity index (χ4n) is 5.52. The van der Waals surface area contributed by atoms with Crippen molar-refractivity contribution in [3.63, 3.8) is 0 Å². The van der Waals surface area contributed by atoms with Crippen molar-refractivity contribution in [2.45, 2.75) is 46.5 Å². The smallest absolute Gasteiger partial charge is 0.182 e. The van der Waals surface area contributed by atoms with Crippen molar-refractivity contribution < 1.29 is 19.1 Å². The Labute approximate surface area is 173 Å². The summed E-state index contributed by atoms with van der Waals surface area (Å²) in [4.78, 5) is 37.1. The minimum Gasteiger partial charge on any atom is -0.497 e. The molecule has 0 N–H and O–H groups in total. The summed E-state index contributed by atoms with van der Waals surface area (Å²) in [7, 11) is 1.61. The quantitative estimate of drug-likeness (QED) is 0.512. The van der Waals surface area contributed by atoms with E-state index in [0.29, 0.717) is 17.6 Å². The number of allylic oxidation sites excluding steroid dienone is 3.